The molecule has 2 amide bonds. The highest BCUT2D eigenvalue weighted by Crippen LogP contribution is 2.23. The summed E-state index contributed by atoms with van der Waals surface area (Å²) in [6, 6.07) is 7.27. The minimum absolute atomic E-state index is 0.0356. The van der Waals surface area contributed by atoms with E-state index in [9.17, 15) is 9.59 Å². The monoisotopic (exact) mass is 278 g/mol. The zero-order valence-electron chi connectivity index (χ0n) is 11.3. The number of hydrogen-bond donors (Lipinski definition) is 1. The first-order valence-corrected chi connectivity index (χ1v) is 7.50. The van der Waals surface area contributed by atoms with E-state index in [0.717, 1.165) is 10.6 Å². The van der Waals surface area contributed by atoms with Gasteiger partial charge in [0.2, 0.25) is 11.8 Å². The Labute approximate surface area is 117 Å². The van der Waals surface area contributed by atoms with Crippen molar-refractivity contribution in [1.29, 1.82) is 0 Å². The average Bonchev–Trinajstić information content (AvgIpc) is 2.41. The molecule has 2 rings (SSSR count). The first-order valence-electron chi connectivity index (χ1n) is 6.27. The molecule has 0 spiro atoms. The Kier molecular flexibility index (Phi) is 4.14. The van der Waals surface area contributed by atoms with Crippen molar-refractivity contribution in [2.24, 2.45) is 5.92 Å². The summed E-state index contributed by atoms with van der Waals surface area (Å²) < 4.78 is 0. The zero-order chi connectivity index (χ0) is 14.0. The molecule has 0 aliphatic carbocycles. The normalized spacial score (nSPS) is 19.8. The molecule has 1 fully saturated rings. The van der Waals surface area contributed by atoms with Crippen LogP contribution in [-0.2, 0) is 9.59 Å². The average molecular weight is 278 g/mol. The van der Waals surface area contributed by atoms with Gasteiger partial charge in [-0.15, -0.1) is 11.8 Å². The molecule has 1 aliphatic heterocycles. The van der Waals surface area contributed by atoms with E-state index in [1.165, 1.54) is 0 Å². The van der Waals surface area contributed by atoms with E-state index < -0.39 is 6.04 Å². The van der Waals surface area contributed by atoms with Crippen LogP contribution in [0.3, 0.4) is 0 Å². The van der Waals surface area contributed by atoms with Gasteiger partial charge in [0.05, 0.1) is 0 Å². The number of anilines is 1. The van der Waals surface area contributed by atoms with Crippen LogP contribution in [0, 0.1) is 5.92 Å². The number of nitrogens with one attached hydrogen (secondary N) is 1. The number of piperazine rings is 1. The highest BCUT2D eigenvalue weighted by atomic mass is 32.2. The van der Waals surface area contributed by atoms with Crippen molar-refractivity contribution in [3.8, 4) is 0 Å². The second-order valence-corrected chi connectivity index (χ2v) is 5.79. The summed E-state index contributed by atoms with van der Waals surface area (Å²) in [6.07, 6.45) is 2.00. The van der Waals surface area contributed by atoms with Crippen LogP contribution >= 0.6 is 11.8 Å². The fourth-order valence-electron chi connectivity index (χ4n) is 2.10. The summed E-state index contributed by atoms with van der Waals surface area (Å²) in [7, 11) is 0. The van der Waals surface area contributed by atoms with Crippen LogP contribution in [0.2, 0.25) is 0 Å². The lowest BCUT2D eigenvalue weighted by atomic mass is 10.0. The standard InChI is InChI=1S/C14H18N2O2S/c1-9(2)13-14(18)16(8-12(17)15-13)10-4-6-11(19-3)7-5-10/h4-7,9,13H,8H2,1-3H3,(H,15,17). The predicted molar refractivity (Wildman–Crippen MR) is 77.3 cm³/mol. The van der Waals surface area contributed by atoms with E-state index in [1.54, 1.807) is 16.7 Å². The quantitative estimate of drug-likeness (QED) is 0.859. The van der Waals surface area contributed by atoms with Gasteiger partial charge >= 0.3 is 0 Å². The topological polar surface area (TPSA) is 49.4 Å². The molecule has 0 aromatic heterocycles. The molecule has 0 bridgehead atoms. The third-order valence-electron chi connectivity index (χ3n) is 3.20. The number of rotatable bonds is 3. The Morgan fingerprint density at radius 2 is 1.89 bits per heavy atom. The molecule has 102 valence electrons. The molecule has 19 heavy (non-hydrogen) atoms. The maximum absolute atomic E-state index is 12.4. The Hall–Kier alpha value is -1.49. The van der Waals surface area contributed by atoms with Gasteiger partial charge in [-0.25, -0.2) is 0 Å². The molecular formula is C14H18N2O2S. The Morgan fingerprint density at radius 1 is 1.26 bits per heavy atom. The van der Waals surface area contributed by atoms with Crippen LogP contribution in [0.25, 0.3) is 0 Å². The third kappa shape index (κ3) is 2.92. The predicted octanol–water partition coefficient (Wildman–Crippen LogP) is 1.90. The SMILES string of the molecule is CSc1ccc(N2CC(=O)NC(C(C)C)C2=O)cc1. The summed E-state index contributed by atoms with van der Waals surface area (Å²) in [6.45, 7) is 3.97. The van der Waals surface area contributed by atoms with Crippen LogP contribution < -0.4 is 10.2 Å². The second-order valence-electron chi connectivity index (χ2n) is 4.91. The molecule has 0 radical (unpaired) electrons. The lowest BCUT2D eigenvalue weighted by molar-refractivity contribution is -0.132. The van der Waals surface area contributed by atoms with E-state index in [1.807, 2.05) is 44.4 Å². The molecule has 1 atom stereocenters. The largest absolute Gasteiger partial charge is 0.342 e. The fourth-order valence-corrected chi connectivity index (χ4v) is 2.51. The molecule has 0 saturated carbocycles. The minimum Gasteiger partial charge on any atom is -0.342 e. The van der Waals surface area contributed by atoms with Gasteiger partial charge in [0, 0.05) is 10.6 Å². The molecule has 1 aliphatic rings. The van der Waals surface area contributed by atoms with Gasteiger partial charge in [0.15, 0.2) is 0 Å². The number of nitrogens with zero attached hydrogens (tertiary/aromatic N) is 1. The summed E-state index contributed by atoms with van der Waals surface area (Å²) >= 11 is 1.65. The maximum atomic E-state index is 12.4. The summed E-state index contributed by atoms with van der Waals surface area (Å²) in [5.74, 6) is -0.0523. The van der Waals surface area contributed by atoms with Crippen molar-refractivity contribution < 1.29 is 9.59 Å². The second kappa shape index (κ2) is 5.65. The number of carbonyl (C=O) groups excluding carboxylic acids is 2. The molecule has 5 heteroatoms. The zero-order valence-corrected chi connectivity index (χ0v) is 12.2. The smallest absolute Gasteiger partial charge is 0.250 e. The number of thioether (sulfide) groups is 1. The first kappa shape index (κ1) is 13.9. The van der Waals surface area contributed by atoms with Crippen LogP contribution in [0.1, 0.15) is 13.8 Å². The first-order chi connectivity index (χ1) is 9.02. The van der Waals surface area contributed by atoms with Crippen LogP contribution in [-0.4, -0.2) is 30.7 Å². The summed E-state index contributed by atoms with van der Waals surface area (Å²) in [5.41, 5.74) is 0.781. The molecule has 1 heterocycles. The molecule has 1 N–H and O–H groups in total. The Bertz CT molecular complexity index is 485. The van der Waals surface area contributed by atoms with Crippen molar-refractivity contribution in [1.82, 2.24) is 5.32 Å². The minimum atomic E-state index is -0.429. The van der Waals surface area contributed by atoms with Crippen molar-refractivity contribution in [2.75, 3.05) is 17.7 Å². The van der Waals surface area contributed by atoms with E-state index in [2.05, 4.69) is 5.32 Å². The van der Waals surface area contributed by atoms with Crippen LogP contribution in [0.5, 0.6) is 0 Å². The van der Waals surface area contributed by atoms with E-state index in [0.29, 0.717) is 0 Å². The van der Waals surface area contributed by atoms with Crippen molar-refractivity contribution >= 4 is 29.3 Å². The van der Waals surface area contributed by atoms with Gasteiger partial charge in [-0.1, -0.05) is 13.8 Å². The lowest BCUT2D eigenvalue weighted by Gasteiger charge is -2.34. The van der Waals surface area contributed by atoms with Crippen molar-refractivity contribution in [3.63, 3.8) is 0 Å². The third-order valence-corrected chi connectivity index (χ3v) is 3.94. The molecule has 1 unspecified atom stereocenters. The Balaban J connectivity index is 2.26. The van der Waals surface area contributed by atoms with Gasteiger partial charge < -0.3 is 10.2 Å². The molecule has 4 nitrogen and oxygen atoms in total. The number of amides is 2. The molecule has 1 aromatic carbocycles. The molecule has 1 aromatic rings. The maximum Gasteiger partial charge on any atom is 0.250 e. The van der Waals surface area contributed by atoms with E-state index in [4.69, 9.17) is 0 Å². The van der Waals surface area contributed by atoms with Gasteiger partial charge in [-0.05, 0) is 36.4 Å². The number of carbonyl (C=O) groups is 2. The number of hydrogen-bond acceptors (Lipinski definition) is 3. The highest BCUT2D eigenvalue weighted by molar-refractivity contribution is 7.98. The summed E-state index contributed by atoms with van der Waals surface area (Å²) in [5, 5.41) is 2.75. The van der Waals surface area contributed by atoms with Crippen LogP contribution in [0.15, 0.2) is 29.2 Å². The fraction of sp³-hybridized carbons (Fsp3) is 0.429. The Morgan fingerprint density at radius 3 is 2.42 bits per heavy atom. The van der Waals surface area contributed by atoms with Crippen LogP contribution in [0.4, 0.5) is 5.69 Å². The van der Waals surface area contributed by atoms with E-state index >= 15 is 0 Å². The van der Waals surface area contributed by atoms with Crippen molar-refractivity contribution in [3.05, 3.63) is 24.3 Å². The molecule has 1 saturated heterocycles. The van der Waals surface area contributed by atoms with Gasteiger partial charge in [-0.3, -0.25) is 9.59 Å². The van der Waals surface area contributed by atoms with Gasteiger partial charge in [-0.2, -0.15) is 0 Å². The van der Waals surface area contributed by atoms with Crippen molar-refractivity contribution in [2.45, 2.75) is 24.8 Å². The lowest BCUT2D eigenvalue weighted by Crippen LogP contribution is -2.60. The molecular weight excluding hydrogens is 260 g/mol. The number of benzene rings is 1. The summed E-state index contributed by atoms with van der Waals surface area (Å²) in [4.78, 5) is 26.8. The van der Waals surface area contributed by atoms with Gasteiger partial charge in [0.25, 0.3) is 0 Å². The van der Waals surface area contributed by atoms with E-state index in [-0.39, 0.29) is 24.3 Å². The highest BCUT2D eigenvalue weighted by Gasteiger charge is 2.35. The van der Waals surface area contributed by atoms with Gasteiger partial charge in [0.1, 0.15) is 12.6 Å².